The molecule has 0 atom stereocenters. The summed E-state index contributed by atoms with van der Waals surface area (Å²) in [6.45, 7) is 5.52. The van der Waals surface area contributed by atoms with E-state index in [4.69, 9.17) is 0 Å². The third-order valence-electron chi connectivity index (χ3n) is 5.30. The third-order valence-corrected chi connectivity index (χ3v) is 6.49. The Morgan fingerprint density at radius 3 is 2.67 bits per heavy atom. The number of anilines is 1. The lowest BCUT2D eigenvalue weighted by atomic mass is 10.1. The number of piperazine rings is 1. The van der Waals surface area contributed by atoms with E-state index in [9.17, 15) is 4.79 Å². The highest BCUT2D eigenvalue weighted by Crippen LogP contribution is 2.31. The summed E-state index contributed by atoms with van der Waals surface area (Å²) >= 11 is 1.76. The molecular formula is C18H24N4OS. The van der Waals surface area contributed by atoms with Gasteiger partial charge in [0, 0.05) is 37.0 Å². The number of thiophene rings is 1. The first kappa shape index (κ1) is 15.8. The zero-order chi connectivity index (χ0) is 16.5. The quantitative estimate of drug-likeness (QED) is 0.858. The van der Waals surface area contributed by atoms with Crippen LogP contribution >= 0.6 is 11.3 Å². The molecule has 1 aliphatic heterocycles. The van der Waals surface area contributed by atoms with E-state index in [1.165, 1.54) is 17.7 Å². The summed E-state index contributed by atoms with van der Waals surface area (Å²) in [6.07, 6.45) is 7.30. The topological polar surface area (TPSA) is 49.3 Å². The number of amides is 1. The molecule has 1 saturated heterocycles. The van der Waals surface area contributed by atoms with Gasteiger partial charge in [-0.1, -0.05) is 19.8 Å². The lowest BCUT2D eigenvalue weighted by Gasteiger charge is -2.36. The monoisotopic (exact) mass is 344 g/mol. The van der Waals surface area contributed by atoms with Crippen LogP contribution in [0, 0.1) is 5.92 Å². The van der Waals surface area contributed by atoms with Crippen LogP contribution in [0.5, 0.6) is 0 Å². The molecule has 1 saturated carbocycles. The second-order valence-electron chi connectivity index (χ2n) is 6.78. The van der Waals surface area contributed by atoms with Crippen molar-refractivity contribution in [1.82, 2.24) is 14.9 Å². The van der Waals surface area contributed by atoms with Crippen molar-refractivity contribution in [2.24, 2.45) is 5.92 Å². The van der Waals surface area contributed by atoms with E-state index >= 15 is 0 Å². The predicted octanol–water partition coefficient (Wildman–Crippen LogP) is 3.09. The Bertz CT molecular complexity index is 730. The molecule has 1 amide bonds. The number of carbonyl (C=O) groups is 1. The van der Waals surface area contributed by atoms with E-state index in [1.807, 2.05) is 0 Å². The van der Waals surface area contributed by atoms with Crippen LogP contribution in [-0.4, -0.2) is 47.0 Å². The van der Waals surface area contributed by atoms with Gasteiger partial charge in [-0.05, 0) is 25.3 Å². The molecule has 128 valence electrons. The minimum absolute atomic E-state index is 0.284. The summed E-state index contributed by atoms with van der Waals surface area (Å²) in [6, 6.07) is 2.23. The molecule has 0 unspecified atom stereocenters. The minimum Gasteiger partial charge on any atom is -0.352 e. The number of hydrogen-bond acceptors (Lipinski definition) is 5. The Morgan fingerprint density at radius 2 is 1.96 bits per heavy atom. The zero-order valence-electron chi connectivity index (χ0n) is 14.2. The summed E-state index contributed by atoms with van der Waals surface area (Å²) in [5.74, 6) is 1.69. The maximum Gasteiger partial charge on any atom is 0.225 e. The van der Waals surface area contributed by atoms with Crippen LogP contribution in [-0.2, 0) is 11.2 Å². The highest BCUT2D eigenvalue weighted by Gasteiger charge is 2.30. The summed E-state index contributed by atoms with van der Waals surface area (Å²) < 4.78 is 0. The van der Waals surface area contributed by atoms with E-state index in [0.717, 1.165) is 61.5 Å². The van der Waals surface area contributed by atoms with E-state index in [0.29, 0.717) is 5.91 Å². The normalized spacial score (nSPS) is 19.4. The van der Waals surface area contributed by atoms with Crippen LogP contribution in [0.4, 0.5) is 5.82 Å². The van der Waals surface area contributed by atoms with Gasteiger partial charge >= 0.3 is 0 Å². The van der Waals surface area contributed by atoms with Crippen molar-refractivity contribution >= 4 is 33.3 Å². The summed E-state index contributed by atoms with van der Waals surface area (Å²) in [4.78, 5) is 28.3. The standard InChI is InChI=1S/C18H24N4OS/c1-2-14-11-15-16(19-12-20-17(15)24-14)21-7-9-22(10-8-21)18(23)13-5-3-4-6-13/h11-13H,2-10H2,1H3. The molecule has 3 heterocycles. The van der Waals surface area contributed by atoms with Crippen LogP contribution in [0.1, 0.15) is 37.5 Å². The van der Waals surface area contributed by atoms with Crippen molar-refractivity contribution < 1.29 is 4.79 Å². The van der Waals surface area contributed by atoms with E-state index in [1.54, 1.807) is 17.7 Å². The SMILES string of the molecule is CCc1cc2c(N3CCN(C(=O)C4CCCC4)CC3)ncnc2s1. The van der Waals surface area contributed by atoms with Gasteiger partial charge in [-0.2, -0.15) is 0 Å². The maximum absolute atomic E-state index is 12.6. The number of aromatic nitrogens is 2. The van der Waals surface area contributed by atoms with Crippen LogP contribution in [0.3, 0.4) is 0 Å². The average Bonchev–Trinajstić information content (AvgIpc) is 3.30. The van der Waals surface area contributed by atoms with Crippen molar-refractivity contribution in [3.8, 4) is 0 Å². The first-order valence-electron chi connectivity index (χ1n) is 9.03. The molecule has 2 aromatic heterocycles. The summed E-state index contributed by atoms with van der Waals surface area (Å²) in [7, 11) is 0. The van der Waals surface area contributed by atoms with Gasteiger partial charge in [-0.3, -0.25) is 4.79 Å². The van der Waals surface area contributed by atoms with Gasteiger partial charge < -0.3 is 9.80 Å². The zero-order valence-corrected chi connectivity index (χ0v) is 15.0. The Labute approximate surface area is 146 Å². The molecule has 2 aromatic rings. The smallest absolute Gasteiger partial charge is 0.225 e. The predicted molar refractivity (Wildman–Crippen MR) is 97.5 cm³/mol. The Balaban J connectivity index is 1.47. The molecule has 0 bridgehead atoms. The number of fused-ring (bicyclic) bond motifs is 1. The molecule has 0 spiro atoms. The fourth-order valence-electron chi connectivity index (χ4n) is 3.89. The number of rotatable bonds is 3. The van der Waals surface area contributed by atoms with E-state index < -0.39 is 0 Å². The molecular weight excluding hydrogens is 320 g/mol. The van der Waals surface area contributed by atoms with Gasteiger partial charge in [0.25, 0.3) is 0 Å². The van der Waals surface area contributed by atoms with Crippen molar-refractivity contribution in [2.45, 2.75) is 39.0 Å². The Hall–Kier alpha value is -1.69. The fourth-order valence-corrected chi connectivity index (χ4v) is 4.82. The largest absolute Gasteiger partial charge is 0.352 e. The number of nitrogens with zero attached hydrogens (tertiary/aromatic N) is 4. The molecule has 1 aliphatic carbocycles. The molecule has 24 heavy (non-hydrogen) atoms. The highest BCUT2D eigenvalue weighted by molar-refractivity contribution is 7.18. The van der Waals surface area contributed by atoms with Gasteiger partial charge in [0.05, 0.1) is 5.39 Å². The van der Waals surface area contributed by atoms with Crippen molar-refractivity contribution in [1.29, 1.82) is 0 Å². The molecule has 2 fully saturated rings. The fraction of sp³-hybridized carbons (Fsp3) is 0.611. The van der Waals surface area contributed by atoms with E-state index in [-0.39, 0.29) is 5.92 Å². The third kappa shape index (κ3) is 2.88. The molecule has 0 N–H and O–H groups in total. The first-order chi connectivity index (χ1) is 11.8. The van der Waals surface area contributed by atoms with Gasteiger partial charge in [-0.25, -0.2) is 9.97 Å². The van der Waals surface area contributed by atoms with Gasteiger partial charge in [0.15, 0.2) is 0 Å². The molecule has 5 nitrogen and oxygen atoms in total. The molecule has 0 aromatic carbocycles. The summed E-state index contributed by atoms with van der Waals surface area (Å²) in [5, 5.41) is 1.16. The lowest BCUT2D eigenvalue weighted by molar-refractivity contribution is -0.135. The lowest BCUT2D eigenvalue weighted by Crippen LogP contribution is -2.50. The molecule has 4 rings (SSSR count). The van der Waals surface area contributed by atoms with Crippen LogP contribution in [0.2, 0.25) is 0 Å². The second kappa shape index (κ2) is 6.67. The number of aryl methyl sites for hydroxylation is 1. The van der Waals surface area contributed by atoms with E-state index in [2.05, 4.69) is 32.8 Å². The van der Waals surface area contributed by atoms with Gasteiger partial charge in [0.1, 0.15) is 17.0 Å². The van der Waals surface area contributed by atoms with Crippen LogP contribution < -0.4 is 4.90 Å². The van der Waals surface area contributed by atoms with Crippen LogP contribution in [0.15, 0.2) is 12.4 Å². The molecule has 6 heteroatoms. The van der Waals surface area contributed by atoms with Crippen molar-refractivity contribution in [3.05, 3.63) is 17.3 Å². The van der Waals surface area contributed by atoms with Crippen molar-refractivity contribution in [2.75, 3.05) is 31.1 Å². The maximum atomic E-state index is 12.6. The number of carbonyl (C=O) groups excluding carboxylic acids is 1. The van der Waals surface area contributed by atoms with Crippen molar-refractivity contribution in [3.63, 3.8) is 0 Å². The average molecular weight is 344 g/mol. The van der Waals surface area contributed by atoms with Gasteiger partial charge in [-0.15, -0.1) is 11.3 Å². The minimum atomic E-state index is 0.284. The van der Waals surface area contributed by atoms with Crippen LogP contribution in [0.25, 0.3) is 10.2 Å². The second-order valence-corrected chi connectivity index (χ2v) is 7.89. The molecule has 2 aliphatic rings. The van der Waals surface area contributed by atoms with Gasteiger partial charge in [0.2, 0.25) is 5.91 Å². The first-order valence-corrected chi connectivity index (χ1v) is 9.85. The Kier molecular flexibility index (Phi) is 4.39. The highest BCUT2D eigenvalue weighted by atomic mass is 32.1. The Morgan fingerprint density at radius 1 is 1.21 bits per heavy atom. The summed E-state index contributed by atoms with van der Waals surface area (Å²) in [5.41, 5.74) is 0. The molecule has 0 radical (unpaired) electrons. The number of hydrogen-bond donors (Lipinski definition) is 0.